The standard InChI is InChI=1S/C20H12BrNO2/c21-14-6-3-5-13(10-14)18-11-16(20(23)24)19-15-7-2-1-4-12(15)8-9-17(19)22-18/h1-11H,(H,23,24). The van der Waals surface area contributed by atoms with E-state index in [1.165, 1.54) is 0 Å². The van der Waals surface area contributed by atoms with Crippen molar-refractivity contribution in [2.75, 3.05) is 0 Å². The van der Waals surface area contributed by atoms with Crippen molar-refractivity contribution in [3.63, 3.8) is 0 Å². The zero-order valence-electron chi connectivity index (χ0n) is 12.5. The Hall–Kier alpha value is -2.72. The van der Waals surface area contributed by atoms with E-state index in [9.17, 15) is 9.90 Å². The van der Waals surface area contributed by atoms with Gasteiger partial charge in [-0.1, -0.05) is 58.4 Å². The number of pyridine rings is 1. The van der Waals surface area contributed by atoms with Crippen LogP contribution in [0.4, 0.5) is 0 Å². The van der Waals surface area contributed by atoms with Crippen molar-refractivity contribution in [1.29, 1.82) is 0 Å². The number of carboxylic acids is 1. The fourth-order valence-electron chi connectivity index (χ4n) is 2.97. The molecule has 24 heavy (non-hydrogen) atoms. The summed E-state index contributed by atoms with van der Waals surface area (Å²) in [6.07, 6.45) is 0. The highest BCUT2D eigenvalue weighted by molar-refractivity contribution is 9.10. The SMILES string of the molecule is O=C(O)c1cc(-c2cccc(Br)c2)nc2ccc3ccccc3c12. The Labute approximate surface area is 146 Å². The minimum absolute atomic E-state index is 0.270. The summed E-state index contributed by atoms with van der Waals surface area (Å²) in [4.78, 5) is 16.6. The van der Waals surface area contributed by atoms with E-state index in [1.807, 2.05) is 60.7 Å². The molecule has 0 aliphatic heterocycles. The number of hydrogen-bond donors (Lipinski definition) is 1. The van der Waals surface area contributed by atoms with Gasteiger partial charge in [-0.15, -0.1) is 0 Å². The predicted octanol–water partition coefficient (Wildman–Crippen LogP) is 5.52. The fraction of sp³-hybridized carbons (Fsp3) is 0. The third kappa shape index (κ3) is 2.45. The quantitative estimate of drug-likeness (QED) is 0.468. The van der Waals surface area contributed by atoms with Crippen LogP contribution in [0.3, 0.4) is 0 Å². The number of fused-ring (bicyclic) bond motifs is 3. The van der Waals surface area contributed by atoms with Crippen molar-refractivity contribution in [2.45, 2.75) is 0 Å². The highest BCUT2D eigenvalue weighted by Gasteiger charge is 2.15. The van der Waals surface area contributed by atoms with Gasteiger partial charge in [0.25, 0.3) is 0 Å². The highest BCUT2D eigenvalue weighted by atomic mass is 79.9. The van der Waals surface area contributed by atoms with Crippen molar-refractivity contribution in [2.24, 2.45) is 0 Å². The molecule has 0 saturated carbocycles. The van der Waals surface area contributed by atoms with Gasteiger partial charge in [-0.25, -0.2) is 9.78 Å². The lowest BCUT2D eigenvalue weighted by Crippen LogP contribution is -2.01. The number of aromatic carboxylic acids is 1. The molecule has 1 aromatic heterocycles. The van der Waals surface area contributed by atoms with Gasteiger partial charge in [0.15, 0.2) is 0 Å². The molecule has 0 fully saturated rings. The summed E-state index contributed by atoms with van der Waals surface area (Å²) in [7, 11) is 0. The molecule has 4 aromatic rings. The molecule has 0 aliphatic rings. The molecule has 3 nitrogen and oxygen atoms in total. The first-order valence-electron chi connectivity index (χ1n) is 7.45. The Morgan fingerprint density at radius 1 is 0.958 bits per heavy atom. The minimum atomic E-state index is -0.949. The number of aromatic nitrogens is 1. The monoisotopic (exact) mass is 377 g/mol. The van der Waals surface area contributed by atoms with Gasteiger partial charge in [0.05, 0.1) is 16.8 Å². The van der Waals surface area contributed by atoms with Crippen molar-refractivity contribution >= 4 is 43.6 Å². The number of hydrogen-bond acceptors (Lipinski definition) is 2. The van der Waals surface area contributed by atoms with E-state index in [0.29, 0.717) is 16.6 Å². The number of halogens is 1. The summed E-state index contributed by atoms with van der Waals surface area (Å²) in [6, 6.07) is 21.0. The van der Waals surface area contributed by atoms with Crippen LogP contribution >= 0.6 is 15.9 Å². The maximum absolute atomic E-state index is 11.9. The molecule has 116 valence electrons. The molecule has 3 aromatic carbocycles. The van der Waals surface area contributed by atoms with Gasteiger partial charge in [-0.2, -0.15) is 0 Å². The van der Waals surface area contributed by atoms with Crippen molar-refractivity contribution in [3.8, 4) is 11.3 Å². The van der Waals surface area contributed by atoms with Gasteiger partial charge in [0.2, 0.25) is 0 Å². The van der Waals surface area contributed by atoms with E-state index in [4.69, 9.17) is 4.98 Å². The predicted molar refractivity (Wildman–Crippen MR) is 99.3 cm³/mol. The molecule has 1 heterocycles. The van der Waals surface area contributed by atoms with E-state index in [1.54, 1.807) is 6.07 Å². The van der Waals surface area contributed by atoms with Crippen LogP contribution < -0.4 is 0 Å². The second-order valence-electron chi connectivity index (χ2n) is 5.55. The van der Waals surface area contributed by atoms with Gasteiger partial charge < -0.3 is 5.11 Å². The van der Waals surface area contributed by atoms with Crippen molar-refractivity contribution in [3.05, 3.63) is 76.8 Å². The number of rotatable bonds is 2. The summed E-state index contributed by atoms with van der Waals surface area (Å²) in [5.74, 6) is -0.949. The Bertz CT molecular complexity index is 1110. The van der Waals surface area contributed by atoms with Crippen LogP contribution in [0.2, 0.25) is 0 Å². The van der Waals surface area contributed by atoms with E-state index in [0.717, 1.165) is 20.8 Å². The zero-order valence-corrected chi connectivity index (χ0v) is 14.1. The second kappa shape index (κ2) is 5.73. The Morgan fingerprint density at radius 2 is 1.79 bits per heavy atom. The molecule has 4 heteroatoms. The molecule has 0 saturated heterocycles. The molecule has 0 atom stereocenters. The molecule has 0 bridgehead atoms. The fourth-order valence-corrected chi connectivity index (χ4v) is 3.37. The van der Waals surface area contributed by atoms with Gasteiger partial charge in [0.1, 0.15) is 0 Å². The third-order valence-corrected chi connectivity index (χ3v) is 4.54. The molecule has 0 spiro atoms. The van der Waals surface area contributed by atoms with E-state index < -0.39 is 5.97 Å². The number of benzene rings is 3. The first-order chi connectivity index (χ1) is 11.6. The Kier molecular flexibility index (Phi) is 3.54. The zero-order chi connectivity index (χ0) is 16.7. The minimum Gasteiger partial charge on any atom is -0.478 e. The number of nitrogens with zero attached hydrogens (tertiary/aromatic N) is 1. The maximum Gasteiger partial charge on any atom is 0.336 e. The number of carbonyl (C=O) groups is 1. The average molecular weight is 378 g/mol. The van der Waals surface area contributed by atoms with Crippen LogP contribution in [0.25, 0.3) is 32.9 Å². The van der Waals surface area contributed by atoms with E-state index in [2.05, 4.69) is 15.9 Å². The van der Waals surface area contributed by atoms with Crippen LogP contribution in [0.1, 0.15) is 10.4 Å². The van der Waals surface area contributed by atoms with Crippen LogP contribution in [-0.4, -0.2) is 16.1 Å². The smallest absolute Gasteiger partial charge is 0.336 e. The molecule has 0 unspecified atom stereocenters. The first-order valence-corrected chi connectivity index (χ1v) is 8.24. The second-order valence-corrected chi connectivity index (χ2v) is 6.47. The molecule has 0 aliphatic carbocycles. The van der Waals surface area contributed by atoms with Gasteiger partial charge in [0, 0.05) is 15.4 Å². The van der Waals surface area contributed by atoms with Gasteiger partial charge in [-0.05, 0) is 35.0 Å². The van der Waals surface area contributed by atoms with Crippen LogP contribution in [0, 0.1) is 0 Å². The van der Waals surface area contributed by atoms with E-state index in [-0.39, 0.29) is 5.56 Å². The van der Waals surface area contributed by atoms with Crippen LogP contribution in [0.15, 0.2) is 71.2 Å². The molecule has 0 radical (unpaired) electrons. The third-order valence-electron chi connectivity index (χ3n) is 4.05. The van der Waals surface area contributed by atoms with Crippen LogP contribution in [0.5, 0.6) is 0 Å². The van der Waals surface area contributed by atoms with Crippen molar-refractivity contribution < 1.29 is 9.90 Å². The topological polar surface area (TPSA) is 50.2 Å². The summed E-state index contributed by atoms with van der Waals surface area (Å²) in [5, 5.41) is 12.3. The normalized spacial score (nSPS) is 11.0. The molecule has 0 amide bonds. The lowest BCUT2D eigenvalue weighted by Gasteiger charge is -2.10. The van der Waals surface area contributed by atoms with Gasteiger partial charge in [-0.3, -0.25) is 0 Å². The molecular weight excluding hydrogens is 366 g/mol. The average Bonchev–Trinajstić information content (AvgIpc) is 2.60. The lowest BCUT2D eigenvalue weighted by atomic mass is 9.99. The summed E-state index contributed by atoms with van der Waals surface area (Å²) >= 11 is 3.45. The van der Waals surface area contributed by atoms with Gasteiger partial charge >= 0.3 is 5.97 Å². The summed E-state index contributed by atoms with van der Waals surface area (Å²) in [6.45, 7) is 0. The Morgan fingerprint density at radius 3 is 2.58 bits per heavy atom. The van der Waals surface area contributed by atoms with Crippen molar-refractivity contribution in [1.82, 2.24) is 4.98 Å². The Balaban J connectivity index is 2.10. The van der Waals surface area contributed by atoms with E-state index >= 15 is 0 Å². The first kappa shape index (κ1) is 14.8. The summed E-state index contributed by atoms with van der Waals surface area (Å²) < 4.78 is 0.928. The largest absolute Gasteiger partial charge is 0.478 e. The molecule has 1 N–H and O–H groups in total. The van der Waals surface area contributed by atoms with Crippen LogP contribution in [-0.2, 0) is 0 Å². The molecular formula is C20H12BrNO2. The maximum atomic E-state index is 11.9. The molecule has 4 rings (SSSR count). The number of carboxylic acid groups (broad SMARTS) is 1. The highest BCUT2D eigenvalue weighted by Crippen LogP contribution is 2.31. The summed E-state index contributed by atoms with van der Waals surface area (Å²) in [5.41, 5.74) is 2.48. The lowest BCUT2D eigenvalue weighted by molar-refractivity contribution is 0.0699.